The van der Waals surface area contributed by atoms with E-state index in [1.165, 1.54) is 6.07 Å². The predicted molar refractivity (Wildman–Crippen MR) is 65.0 cm³/mol. The van der Waals surface area contributed by atoms with Gasteiger partial charge < -0.3 is 10.3 Å². The van der Waals surface area contributed by atoms with Crippen molar-refractivity contribution < 1.29 is 4.39 Å². The number of benzene rings is 1. The molecule has 2 aromatic rings. The Hall–Kier alpha value is -1.35. The first-order valence-corrected chi connectivity index (χ1v) is 5.49. The van der Waals surface area contributed by atoms with E-state index in [0.29, 0.717) is 5.56 Å². The molecule has 0 saturated heterocycles. The van der Waals surface area contributed by atoms with Crippen molar-refractivity contribution in [2.24, 2.45) is 12.8 Å². The number of hydrogen-bond acceptors (Lipinski definition) is 1. The van der Waals surface area contributed by atoms with Crippen molar-refractivity contribution >= 4 is 10.9 Å². The van der Waals surface area contributed by atoms with E-state index in [4.69, 9.17) is 5.73 Å². The van der Waals surface area contributed by atoms with Crippen LogP contribution in [0.5, 0.6) is 0 Å². The van der Waals surface area contributed by atoms with Crippen molar-refractivity contribution in [3.63, 3.8) is 0 Å². The molecule has 0 aliphatic rings. The van der Waals surface area contributed by atoms with Gasteiger partial charge in [-0.1, -0.05) is 0 Å². The maximum atomic E-state index is 13.5. The molecule has 0 saturated carbocycles. The van der Waals surface area contributed by atoms with Crippen LogP contribution < -0.4 is 5.73 Å². The van der Waals surface area contributed by atoms with Gasteiger partial charge in [-0.2, -0.15) is 0 Å². The summed E-state index contributed by atoms with van der Waals surface area (Å²) in [6.07, 6.45) is 0.812. The molecule has 0 spiro atoms. The molecular weight excluding hydrogens is 203 g/mol. The first-order valence-electron chi connectivity index (χ1n) is 5.49. The standard InChI is InChI=1S/C13H17FN2/c1-8(15)6-11-7-10-4-5-12(14)9(2)13(10)16(11)3/h4-5,7-8H,6,15H2,1-3H3. The number of aryl methyl sites for hydroxylation is 2. The van der Waals surface area contributed by atoms with Gasteiger partial charge in [0.15, 0.2) is 0 Å². The van der Waals surface area contributed by atoms with Crippen LogP contribution in [0.2, 0.25) is 0 Å². The zero-order valence-corrected chi connectivity index (χ0v) is 9.92. The van der Waals surface area contributed by atoms with E-state index in [1.54, 1.807) is 0 Å². The number of halogens is 1. The highest BCUT2D eigenvalue weighted by Gasteiger charge is 2.11. The van der Waals surface area contributed by atoms with Crippen LogP contribution in [0.15, 0.2) is 18.2 Å². The molecule has 2 rings (SSSR count). The third kappa shape index (κ3) is 1.71. The number of hydrogen-bond donors (Lipinski definition) is 1. The number of rotatable bonds is 2. The minimum absolute atomic E-state index is 0.119. The molecule has 1 unspecified atom stereocenters. The lowest BCUT2D eigenvalue weighted by Crippen LogP contribution is -2.19. The zero-order chi connectivity index (χ0) is 11.9. The van der Waals surface area contributed by atoms with Gasteiger partial charge in [0.2, 0.25) is 0 Å². The minimum atomic E-state index is -0.152. The highest BCUT2D eigenvalue weighted by molar-refractivity contribution is 5.84. The molecule has 0 aliphatic heterocycles. The van der Waals surface area contributed by atoms with E-state index in [1.807, 2.05) is 31.5 Å². The molecule has 16 heavy (non-hydrogen) atoms. The fourth-order valence-electron chi connectivity index (χ4n) is 2.20. The van der Waals surface area contributed by atoms with Gasteiger partial charge in [0.25, 0.3) is 0 Å². The van der Waals surface area contributed by atoms with Crippen molar-refractivity contribution in [3.8, 4) is 0 Å². The van der Waals surface area contributed by atoms with Crippen LogP contribution in [0, 0.1) is 12.7 Å². The second-order valence-corrected chi connectivity index (χ2v) is 4.49. The molecule has 0 radical (unpaired) electrons. The summed E-state index contributed by atoms with van der Waals surface area (Å²) < 4.78 is 15.5. The molecule has 0 aliphatic carbocycles. The smallest absolute Gasteiger partial charge is 0.128 e. The van der Waals surface area contributed by atoms with Gasteiger partial charge in [-0.25, -0.2) is 4.39 Å². The molecule has 86 valence electrons. The molecule has 1 atom stereocenters. The topological polar surface area (TPSA) is 30.9 Å². The Morgan fingerprint density at radius 3 is 2.75 bits per heavy atom. The van der Waals surface area contributed by atoms with E-state index < -0.39 is 0 Å². The highest BCUT2D eigenvalue weighted by atomic mass is 19.1. The van der Waals surface area contributed by atoms with Crippen LogP contribution in [-0.2, 0) is 13.5 Å². The van der Waals surface area contributed by atoms with Crippen molar-refractivity contribution in [2.45, 2.75) is 26.3 Å². The average molecular weight is 220 g/mol. The predicted octanol–water partition coefficient (Wildman–Crippen LogP) is 2.52. The summed E-state index contributed by atoms with van der Waals surface area (Å²) >= 11 is 0. The van der Waals surface area contributed by atoms with Gasteiger partial charge in [-0.05, 0) is 32.0 Å². The van der Waals surface area contributed by atoms with Gasteiger partial charge in [0, 0.05) is 36.2 Å². The van der Waals surface area contributed by atoms with E-state index in [9.17, 15) is 4.39 Å². The summed E-state index contributed by atoms with van der Waals surface area (Å²) in [5, 5.41) is 1.08. The average Bonchev–Trinajstić information content (AvgIpc) is 2.50. The maximum absolute atomic E-state index is 13.5. The van der Waals surface area contributed by atoms with Crippen LogP contribution in [0.1, 0.15) is 18.2 Å². The van der Waals surface area contributed by atoms with Gasteiger partial charge in [-0.15, -0.1) is 0 Å². The van der Waals surface area contributed by atoms with Gasteiger partial charge in [0.1, 0.15) is 5.82 Å². The summed E-state index contributed by atoms with van der Waals surface area (Å²) in [6.45, 7) is 3.79. The van der Waals surface area contributed by atoms with E-state index in [-0.39, 0.29) is 11.9 Å². The van der Waals surface area contributed by atoms with Crippen LogP contribution in [-0.4, -0.2) is 10.6 Å². The van der Waals surface area contributed by atoms with Crippen molar-refractivity contribution in [1.29, 1.82) is 0 Å². The lowest BCUT2D eigenvalue weighted by Gasteiger charge is -2.08. The molecule has 0 fully saturated rings. The van der Waals surface area contributed by atoms with Crippen LogP contribution in [0.3, 0.4) is 0 Å². The largest absolute Gasteiger partial charge is 0.347 e. The summed E-state index contributed by atoms with van der Waals surface area (Å²) in [6, 6.07) is 5.55. The lowest BCUT2D eigenvalue weighted by molar-refractivity contribution is 0.619. The molecule has 0 bridgehead atoms. The molecule has 2 N–H and O–H groups in total. The van der Waals surface area contributed by atoms with E-state index in [0.717, 1.165) is 23.0 Å². The second-order valence-electron chi connectivity index (χ2n) is 4.49. The first-order chi connectivity index (χ1) is 7.50. The van der Waals surface area contributed by atoms with Crippen molar-refractivity contribution in [1.82, 2.24) is 4.57 Å². The summed E-state index contributed by atoms with van der Waals surface area (Å²) in [4.78, 5) is 0. The number of nitrogens with zero attached hydrogens (tertiary/aromatic N) is 1. The summed E-state index contributed by atoms with van der Waals surface area (Å²) in [5.41, 5.74) is 8.62. The Morgan fingerprint density at radius 2 is 2.12 bits per heavy atom. The SMILES string of the molecule is Cc1c(F)ccc2cc(CC(C)N)n(C)c12. The van der Waals surface area contributed by atoms with Crippen molar-refractivity contribution in [2.75, 3.05) is 0 Å². The molecule has 0 amide bonds. The second kappa shape index (κ2) is 3.91. The normalized spacial score (nSPS) is 13.3. The minimum Gasteiger partial charge on any atom is -0.347 e. The van der Waals surface area contributed by atoms with Crippen LogP contribution in [0.25, 0.3) is 10.9 Å². The third-order valence-electron chi connectivity index (χ3n) is 3.02. The Balaban J connectivity index is 2.64. The quantitative estimate of drug-likeness (QED) is 0.828. The molecular formula is C13H17FN2. The van der Waals surface area contributed by atoms with Crippen LogP contribution in [0.4, 0.5) is 4.39 Å². The van der Waals surface area contributed by atoms with Gasteiger partial charge in [0.05, 0.1) is 5.52 Å². The Kier molecular flexibility index (Phi) is 2.72. The summed E-state index contributed by atoms with van der Waals surface area (Å²) in [5.74, 6) is -0.152. The fourth-order valence-corrected chi connectivity index (χ4v) is 2.20. The third-order valence-corrected chi connectivity index (χ3v) is 3.02. The fraction of sp³-hybridized carbons (Fsp3) is 0.385. The molecule has 2 nitrogen and oxygen atoms in total. The number of fused-ring (bicyclic) bond motifs is 1. The van der Waals surface area contributed by atoms with Gasteiger partial charge in [-0.3, -0.25) is 0 Å². The number of aromatic nitrogens is 1. The maximum Gasteiger partial charge on any atom is 0.128 e. The molecule has 1 aromatic heterocycles. The molecule has 1 heterocycles. The van der Waals surface area contributed by atoms with Crippen LogP contribution >= 0.6 is 0 Å². The lowest BCUT2D eigenvalue weighted by atomic mass is 10.1. The Labute approximate surface area is 94.9 Å². The van der Waals surface area contributed by atoms with E-state index >= 15 is 0 Å². The van der Waals surface area contributed by atoms with E-state index in [2.05, 4.69) is 6.07 Å². The number of nitrogens with two attached hydrogens (primary N) is 1. The summed E-state index contributed by atoms with van der Waals surface area (Å²) in [7, 11) is 1.96. The Bertz CT molecular complexity index is 526. The van der Waals surface area contributed by atoms with Crippen molar-refractivity contribution in [3.05, 3.63) is 35.3 Å². The first kappa shape index (κ1) is 11.1. The molecule has 3 heteroatoms. The monoisotopic (exact) mass is 220 g/mol. The molecule has 1 aromatic carbocycles. The zero-order valence-electron chi connectivity index (χ0n) is 9.92. The van der Waals surface area contributed by atoms with Gasteiger partial charge >= 0.3 is 0 Å². The Morgan fingerprint density at radius 1 is 1.44 bits per heavy atom. The highest BCUT2D eigenvalue weighted by Crippen LogP contribution is 2.24.